The minimum absolute atomic E-state index is 0.127. The number of hydrogen-bond acceptors (Lipinski definition) is 5. The fraction of sp³-hybridized carbons (Fsp3) is 0.812. The van der Waals surface area contributed by atoms with Crippen molar-refractivity contribution in [1.82, 2.24) is 29.7 Å². The fourth-order valence-corrected chi connectivity index (χ4v) is 3.48. The maximum absolute atomic E-state index is 12.7. The minimum atomic E-state index is 0.127. The molecule has 1 aromatic heterocycles. The monoisotopic (exact) mass is 336 g/mol. The second-order valence-corrected chi connectivity index (χ2v) is 6.98. The van der Waals surface area contributed by atoms with Crippen LogP contribution in [0, 0.1) is 0 Å². The molecule has 0 saturated carbocycles. The van der Waals surface area contributed by atoms with E-state index in [9.17, 15) is 4.79 Å². The Morgan fingerprint density at radius 2 is 2.04 bits per heavy atom. The van der Waals surface area contributed by atoms with E-state index in [-0.39, 0.29) is 11.9 Å². The first-order valence-electron chi connectivity index (χ1n) is 8.71. The number of amides is 2. The average molecular weight is 336 g/mol. The summed E-state index contributed by atoms with van der Waals surface area (Å²) in [7, 11) is 5.98. The Morgan fingerprint density at radius 1 is 1.29 bits per heavy atom. The van der Waals surface area contributed by atoms with Crippen molar-refractivity contribution in [1.29, 1.82) is 0 Å². The van der Waals surface area contributed by atoms with Crippen LogP contribution in [-0.2, 0) is 18.3 Å². The van der Waals surface area contributed by atoms with Gasteiger partial charge in [0.25, 0.3) is 0 Å². The Kier molecular flexibility index (Phi) is 5.35. The van der Waals surface area contributed by atoms with Gasteiger partial charge in [-0.05, 0) is 26.9 Å². The number of rotatable bonds is 5. The number of carbonyl (C=O) groups is 1. The molecule has 0 spiro atoms. The molecule has 1 fully saturated rings. The molecule has 1 aromatic rings. The van der Waals surface area contributed by atoms with E-state index in [4.69, 9.17) is 4.74 Å². The van der Waals surface area contributed by atoms with Crippen molar-refractivity contribution in [2.75, 3.05) is 53.5 Å². The SMILES string of the molecule is CN(C)CCOC[C@H]1CN(C(=O)N2CCCC2)Cc2nnn(C)c21. The van der Waals surface area contributed by atoms with Crippen molar-refractivity contribution in [3.8, 4) is 0 Å². The standard InChI is InChI=1S/C16H28N6O2/c1-19(2)8-9-24-12-13-10-22(16(23)21-6-4-5-7-21)11-14-15(13)20(3)18-17-14/h13H,4-12H2,1-3H3/t13-/m1/s1. The number of likely N-dealkylation sites (N-methyl/N-ethyl adjacent to an activating group) is 1. The van der Waals surface area contributed by atoms with Crippen molar-refractivity contribution in [3.63, 3.8) is 0 Å². The zero-order chi connectivity index (χ0) is 17.1. The topological polar surface area (TPSA) is 66.7 Å². The molecule has 0 N–H and O–H groups in total. The molecule has 0 unspecified atom stereocenters. The largest absolute Gasteiger partial charge is 0.379 e. The fourth-order valence-electron chi connectivity index (χ4n) is 3.48. The lowest BCUT2D eigenvalue weighted by atomic mass is 9.99. The van der Waals surface area contributed by atoms with Gasteiger partial charge in [-0.3, -0.25) is 4.68 Å². The molecule has 0 bridgehead atoms. The Labute approximate surface area is 143 Å². The van der Waals surface area contributed by atoms with Crippen LogP contribution < -0.4 is 0 Å². The second-order valence-electron chi connectivity index (χ2n) is 6.98. The molecule has 24 heavy (non-hydrogen) atoms. The average Bonchev–Trinajstić information content (AvgIpc) is 3.21. The number of likely N-dealkylation sites (tertiary alicyclic amines) is 1. The highest BCUT2D eigenvalue weighted by atomic mass is 16.5. The third-order valence-electron chi connectivity index (χ3n) is 4.76. The molecule has 0 radical (unpaired) electrons. The van der Waals surface area contributed by atoms with E-state index in [1.807, 2.05) is 35.6 Å². The number of urea groups is 1. The molecule has 3 heterocycles. The molecule has 1 atom stereocenters. The summed E-state index contributed by atoms with van der Waals surface area (Å²) in [5, 5.41) is 8.41. The first-order chi connectivity index (χ1) is 11.6. The van der Waals surface area contributed by atoms with Crippen LogP contribution in [0.1, 0.15) is 30.1 Å². The normalized spacial score (nSPS) is 20.8. The summed E-state index contributed by atoms with van der Waals surface area (Å²) >= 11 is 0. The summed E-state index contributed by atoms with van der Waals surface area (Å²) in [4.78, 5) is 18.7. The zero-order valence-corrected chi connectivity index (χ0v) is 14.9. The van der Waals surface area contributed by atoms with E-state index in [1.165, 1.54) is 0 Å². The zero-order valence-electron chi connectivity index (χ0n) is 14.9. The lowest BCUT2D eigenvalue weighted by Gasteiger charge is -2.34. The van der Waals surface area contributed by atoms with Gasteiger partial charge in [0.1, 0.15) is 5.69 Å². The van der Waals surface area contributed by atoms with Crippen LogP contribution in [0.4, 0.5) is 4.79 Å². The van der Waals surface area contributed by atoms with Crippen molar-refractivity contribution >= 4 is 6.03 Å². The molecule has 2 aliphatic rings. The summed E-state index contributed by atoms with van der Waals surface area (Å²) in [5.41, 5.74) is 2.00. The molecule has 134 valence electrons. The van der Waals surface area contributed by atoms with Gasteiger partial charge in [0.05, 0.1) is 25.5 Å². The molecule has 0 aromatic carbocycles. The van der Waals surface area contributed by atoms with E-state index in [0.29, 0.717) is 26.3 Å². The van der Waals surface area contributed by atoms with Crippen LogP contribution in [0.5, 0.6) is 0 Å². The number of carbonyl (C=O) groups excluding carboxylic acids is 1. The minimum Gasteiger partial charge on any atom is -0.379 e. The van der Waals surface area contributed by atoms with Gasteiger partial charge in [0, 0.05) is 39.1 Å². The van der Waals surface area contributed by atoms with Gasteiger partial charge < -0.3 is 19.4 Å². The van der Waals surface area contributed by atoms with Crippen LogP contribution in [0.3, 0.4) is 0 Å². The first kappa shape index (κ1) is 17.2. The van der Waals surface area contributed by atoms with E-state index < -0.39 is 0 Å². The van der Waals surface area contributed by atoms with Crippen molar-refractivity contribution in [2.45, 2.75) is 25.3 Å². The predicted molar refractivity (Wildman–Crippen MR) is 89.7 cm³/mol. The van der Waals surface area contributed by atoms with Gasteiger partial charge in [-0.1, -0.05) is 5.21 Å². The van der Waals surface area contributed by atoms with Gasteiger partial charge >= 0.3 is 6.03 Å². The van der Waals surface area contributed by atoms with Gasteiger partial charge in [-0.25, -0.2) is 4.79 Å². The van der Waals surface area contributed by atoms with Crippen LogP contribution in [0.25, 0.3) is 0 Å². The van der Waals surface area contributed by atoms with Gasteiger partial charge in [-0.15, -0.1) is 5.10 Å². The summed E-state index contributed by atoms with van der Waals surface area (Å²) in [6, 6.07) is 0.127. The van der Waals surface area contributed by atoms with Crippen molar-refractivity contribution < 1.29 is 9.53 Å². The Morgan fingerprint density at radius 3 is 2.75 bits per heavy atom. The maximum atomic E-state index is 12.7. The summed E-state index contributed by atoms with van der Waals surface area (Å²) in [6.07, 6.45) is 2.21. The molecule has 8 nitrogen and oxygen atoms in total. The molecular weight excluding hydrogens is 308 g/mol. The number of nitrogens with zero attached hydrogens (tertiary/aromatic N) is 6. The highest BCUT2D eigenvalue weighted by molar-refractivity contribution is 5.75. The molecule has 2 aliphatic heterocycles. The van der Waals surface area contributed by atoms with E-state index in [1.54, 1.807) is 0 Å². The number of fused-ring (bicyclic) bond motifs is 1. The predicted octanol–water partition coefficient (Wildman–Crippen LogP) is 0.508. The Hall–Kier alpha value is -1.67. The highest BCUT2D eigenvalue weighted by Gasteiger charge is 2.34. The van der Waals surface area contributed by atoms with Gasteiger partial charge in [0.15, 0.2) is 0 Å². The number of ether oxygens (including phenoxy) is 1. The third-order valence-corrected chi connectivity index (χ3v) is 4.76. The second kappa shape index (κ2) is 7.48. The first-order valence-corrected chi connectivity index (χ1v) is 8.71. The molecule has 2 amide bonds. The summed E-state index contributed by atoms with van der Waals surface area (Å²) in [5.74, 6) is 0.127. The van der Waals surface area contributed by atoms with Crippen LogP contribution in [0.15, 0.2) is 0 Å². The number of aryl methyl sites for hydroxylation is 1. The highest BCUT2D eigenvalue weighted by Crippen LogP contribution is 2.28. The summed E-state index contributed by atoms with van der Waals surface area (Å²) < 4.78 is 7.68. The number of hydrogen-bond donors (Lipinski definition) is 0. The lowest BCUT2D eigenvalue weighted by Crippen LogP contribution is -2.46. The van der Waals surface area contributed by atoms with Crippen LogP contribution in [-0.4, -0.2) is 89.2 Å². The maximum Gasteiger partial charge on any atom is 0.320 e. The van der Waals surface area contributed by atoms with E-state index >= 15 is 0 Å². The van der Waals surface area contributed by atoms with E-state index in [0.717, 1.165) is 43.9 Å². The molecule has 3 rings (SSSR count). The molecule has 8 heteroatoms. The Balaban J connectivity index is 1.67. The van der Waals surface area contributed by atoms with Crippen molar-refractivity contribution in [2.24, 2.45) is 7.05 Å². The molecule has 1 saturated heterocycles. The van der Waals surface area contributed by atoms with Crippen LogP contribution >= 0.6 is 0 Å². The summed E-state index contributed by atoms with van der Waals surface area (Å²) in [6.45, 7) is 5.12. The quantitative estimate of drug-likeness (QED) is 0.733. The van der Waals surface area contributed by atoms with Crippen LogP contribution in [0.2, 0.25) is 0 Å². The third kappa shape index (κ3) is 3.70. The Bertz CT molecular complexity index is 567. The van der Waals surface area contributed by atoms with E-state index in [2.05, 4.69) is 15.2 Å². The van der Waals surface area contributed by atoms with Gasteiger partial charge in [0.2, 0.25) is 0 Å². The number of aromatic nitrogens is 3. The van der Waals surface area contributed by atoms with Crippen molar-refractivity contribution in [3.05, 3.63) is 11.4 Å². The lowest BCUT2D eigenvalue weighted by molar-refractivity contribution is 0.0853. The van der Waals surface area contributed by atoms with Gasteiger partial charge in [-0.2, -0.15) is 0 Å². The molecule has 0 aliphatic carbocycles. The molecular formula is C16H28N6O2. The smallest absolute Gasteiger partial charge is 0.320 e.